The van der Waals surface area contributed by atoms with Crippen LogP contribution in [0.1, 0.15) is 43.9 Å². The highest BCUT2D eigenvalue weighted by molar-refractivity contribution is 7.92. The van der Waals surface area contributed by atoms with Crippen molar-refractivity contribution in [2.75, 3.05) is 28.8 Å². The van der Waals surface area contributed by atoms with Gasteiger partial charge in [-0.25, -0.2) is 8.42 Å². The van der Waals surface area contributed by atoms with Crippen LogP contribution in [-0.2, 0) is 14.8 Å². The molecule has 8 heteroatoms. The van der Waals surface area contributed by atoms with Crippen LogP contribution in [0.3, 0.4) is 0 Å². The van der Waals surface area contributed by atoms with Crippen LogP contribution in [0, 0.1) is 12.8 Å². The van der Waals surface area contributed by atoms with Crippen molar-refractivity contribution < 1.29 is 13.2 Å². The smallest absolute Gasteiger partial charge is 0.264 e. The van der Waals surface area contributed by atoms with E-state index in [9.17, 15) is 13.2 Å². The van der Waals surface area contributed by atoms with Gasteiger partial charge in [0, 0.05) is 23.8 Å². The minimum Gasteiger partial charge on any atom is -0.372 e. The Morgan fingerprint density at radius 3 is 2.32 bits per heavy atom. The van der Waals surface area contributed by atoms with Crippen LogP contribution in [0.5, 0.6) is 0 Å². The normalized spacial score (nSPS) is 15.3. The lowest BCUT2D eigenvalue weighted by Crippen LogP contribution is -2.41. The summed E-state index contributed by atoms with van der Waals surface area (Å²) in [5.41, 5.74) is 3.47. The van der Waals surface area contributed by atoms with Crippen molar-refractivity contribution >= 4 is 38.9 Å². The van der Waals surface area contributed by atoms with E-state index in [4.69, 9.17) is 11.6 Å². The molecule has 0 spiro atoms. The van der Waals surface area contributed by atoms with Crippen molar-refractivity contribution in [3.63, 3.8) is 0 Å². The molecule has 6 nitrogen and oxygen atoms in total. The number of piperidine rings is 1. The van der Waals surface area contributed by atoms with Gasteiger partial charge in [0.25, 0.3) is 10.0 Å². The monoisotopic (exact) mass is 539 g/mol. The molecule has 0 bridgehead atoms. The molecule has 1 heterocycles. The summed E-state index contributed by atoms with van der Waals surface area (Å²) < 4.78 is 28.3. The highest BCUT2D eigenvalue weighted by atomic mass is 35.5. The number of carbonyl (C=O) groups excluding carboxylic acids is 1. The number of nitrogens with zero attached hydrogens (tertiary/aromatic N) is 2. The van der Waals surface area contributed by atoms with E-state index in [1.54, 1.807) is 18.2 Å². The van der Waals surface area contributed by atoms with Crippen LogP contribution in [0.4, 0.5) is 11.4 Å². The van der Waals surface area contributed by atoms with Gasteiger partial charge < -0.3 is 10.2 Å². The summed E-state index contributed by atoms with van der Waals surface area (Å²) in [6.45, 7) is 7.86. The molecule has 1 fully saturated rings. The zero-order valence-corrected chi connectivity index (χ0v) is 23.1. The average molecular weight is 540 g/mol. The summed E-state index contributed by atoms with van der Waals surface area (Å²) in [5.74, 6) is 0.384. The number of anilines is 2. The predicted octanol–water partition coefficient (Wildman–Crippen LogP) is 5.96. The lowest BCUT2D eigenvalue weighted by Gasteiger charge is -2.32. The van der Waals surface area contributed by atoms with Crippen molar-refractivity contribution in [1.29, 1.82) is 0 Å². The van der Waals surface area contributed by atoms with E-state index in [0.29, 0.717) is 10.7 Å². The number of benzene rings is 3. The number of aryl methyl sites for hydroxylation is 1. The number of amides is 1. The van der Waals surface area contributed by atoms with E-state index in [1.165, 1.54) is 42.8 Å². The van der Waals surface area contributed by atoms with Crippen molar-refractivity contribution in [2.45, 2.75) is 44.6 Å². The quantitative estimate of drug-likeness (QED) is 0.383. The largest absolute Gasteiger partial charge is 0.372 e. The van der Waals surface area contributed by atoms with Gasteiger partial charge in [-0.2, -0.15) is 0 Å². The highest BCUT2D eigenvalue weighted by Crippen LogP contribution is 2.27. The minimum absolute atomic E-state index is 0.0712. The number of sulfonamides is 1. The summed E-state index contributed by atoms with van der Waals surface area (Å²) in [7, 11) is -4.00. The fourth-order valence-electron chi connectivity index (χ4n) is 4.57. The van der Waals surface area contributed by atoms with Crippen molar-refractivity contribution in [3.8, 4) is 0 Å². The first kappa shape index (κ1) is 27.0. The Hall–Kier alpha value is -3.03. The molecule has 1 atom stereocenters. The average Bonchev–Trinajstić information content (AvgIpc) is 2.88. The van der Waals surface area contributed by atoms with Crippen LogP contribution in [0.15, 0.2) is 77.7 Å². The van der Waals surface area contributed by atoms with E-state index < -0.39 is 10.0 Å². The van der Waals surface area contributed by atoms with Crippen molar-refractivity contribution in [1.82, 2.24) is 5.32 Å². The van der Waals surface area contributed by atoms with Crippen LogP contribution >= 0.6 is 11.6 Å². The topological polar surface area (TPSA) is 69.7 Å². The molecule has 1 saturated heterocycles. The third-order valence-corrected chi connectivity index (χ3v) is 8.94. The van der Waals surface area contributed by atoms with Crippen molar-refractivity contribution in [3.05, 3.63) is 88.9 Å². The van der Waals surface area contributed by atoms with E-state index in [0.717, 1.165) is 34.4 Å². The van der Waals surface area contributed by atoms with E-state index in [-0.39, 0.29) is 23.4 Å². The Labute approximate surface area is 225 Å². The Morgan fingerprint density at radius 2 is 1.70 bits per heavy atom. The number of hydrogen-bond donors (Lipinski definition) is 1. The maximum Gasteiger partial charge on any atom is 0.264 e. The summed E-state index contributed by atoms with van der Waals surface area (Å²) in [6.07, 6.45) is 2.40. The number of nitrogens with one attached hydrogen (secondary N) is 1. The van der Waals surface area contributed by atoms with Gasteiger partial charge in [-0.3, -0.25) is 9.10 Å². The first-order valence-electron chi connectivity index (χ1n) is 12.6. The second-order valence-corrected chi connectivity index (χ2v) is 12.2. The Morgan fingerprint density at radius 1 is 1.05 bits per heavy atom. The maximum absolute atomic E-state index is 13.6. The van der Waals surface area contributed by atoms with Gasteiger partial charge in [0.1, 0.15) is 6.54 Å². The molecule has 37 heavy (non-hydrogen) atoms. The molecule has 0 aliphatic carbocycles. The maximum atomic E-state index is 13.6. The van der Waals surface area contributed by atoms with Crippen LogP contribution in [0.25, 0.3) is 0 Å². The Balaban J connectivity index is 1.49. The fraction of sp³-hybridized carbons (Fsp3) is 0.345. The molecular formula is C29H34ClN3O3S. The number of carbonyl (C=O) groups is 1. The Bertz CT molecular complexity index is 1320. The Kier molecular flexibility index (Phi) is 8.45. The minimum atomic E-state index is -4.00. The van der Waals surface area contributed by atoms with Gasteiger partial charge >= 0.3 is 0 Å². The first-order chi connectivity index (χ1) is 17.6. The molecule has 1 aliphatic rings. The molecule has 1 unspecified atom stereocenters. The van der Waals surface area contributed by atoms with Gasteiger partial charge in [0.05, 0.1) is 16.6 Å². The van der Waals surface area contributed by atoms with Crippen LogP contribution in [0.2, 0.25) is 5.02 Å². The molecule has 4 rings (SSSR count). The molecule has 3 aromatic carbocycles. The molecule has 1 aliphatic heterocycles. The molecule has 1 amide bonds. The molecule has 0 radical (unpaired) electrons. The van der Waals surface area contributed by atoms with Gasteiger partial charge in [-0.15, -0.1) is 0 Å². The third kappa shape index (κ3) is 6.65. The standard InChI is InChI=1S/C29H34ClN3O3S/c1-21-15-17-32(18-16-21)26-11-7-24(8-12-26)23(3)31-29(34)20-33(27-6-4-5-22(2)19-27)37(35,36)28-13-9-25(30)10-14-28/h4-14,19,21,23H,15-18,20H2,1-3H3,(H,31,34). The summed E-state index contributed by atoms with van der Waals surface area (Å²) in [4.78, 5) is 15.6. The second-order valence-electron chi connectivity index (χ2n) is 9.85. The lowest BCUT2D eigenvalue weighted by atomic mass is 9.98. The number of hydrogen-bond acceptors (Lipinski definition) is 4. The molecule has 1 N–H and O–H groups in total. The molecule has 3 aromatic rings. The van der Waals surface area contributed by atoms with Crippen LogP contribution in [-0.4, -0.2) is 34.0 Å². The van der Waals surface area contributed by atoms with Gasteiger partial charge in [0.15, 0.2) is 0 Å². The zero-order chi connectivity index (χ0) is 26.6. The first-order valence-corrected chi connectivity index (χ1v) is 14.4. The number of halogens is 1. The van der Waals surface area contributed by atoms with Gasteiger partial charge in [-0.1, -0.05) is 42.8 Å². The molecule has 0 saturated carbocycles. The van der Waals surface area contributed by atoms with Gasteiger partial charge in [-0.05, 0) is 92.3 Å². The third-order valence-electron chi connectivity index (χ3n) is 6.90. The highest BCUT2D eigenvalue weighted by Gasteiger charge is 2.28. The van der Waals surface area contributed by atoms with E-state index in [1.807, 2.05) is 32.0 Å². The van der Waals surface area contributed by atoms with E-state index >= 15 is 0 Å². The SMILES string of the molecule is Cc1cccc(N(CC(=O)NC(C)c2ccc(N3CCC(C)CC3)cc2)S(=O)(=O)c2ccc(Cl)cc2)c1. The summed E-state index contributed by atoms with van der Waals surface area (Å²) in [5, 5.41) is 3.41. The lowest BCUT2D eigenvalue weighted by molar-refractivity contribution is -0.120. The second kappa shape index (κ2) is 11.6. The van der Waals surface area contributed by atoms with Gasteiger partial charge in [0.2, 0.25) is 5.91 Å². The van der Waals surface area contributed by atoms with Crippen molar-refractivity contribution in [2.24, 2.45) is 5.92 Å². The van der Waals surface area contributed by atoms with Crippen LogP contribution < -0.4 is 14.5 Å². The summed E-state index contributed by atoms with van der Waals surface area (Å²) >= 11 is 5.96. The zero-order valence-electron chi connectivity index (χ0n) is 21.5. The summed E-state index contributed by atoms with van der Waals surface area (Å²) in [6, 6.07) is 21.0. The fourth-order valence-corrected chi connectivity index (χ4v) is 6.11. The molecule has 196 valence electrons. The number of rotatable bonds is 8. The molecular weight excluding hydrogens is 506 g/mol. The predicted molar refractivity (Wildman–Crippen MR) is 151 cm³/mol. The molecule has 0 aromatic heterocycles. The van der Waals surface area contributed by atoms with E-state index in [2.05, 4.69) is 29.3 Å².